The molecule has 0 spiro atoms. The summed E-state index contributed by atoms with van der Waals surface area (Å²) < 4.78 is 33.0. The Kier molecular flexibility index (Phi) is 10.8. The Hall–Kier alpha value is -5.23. The minimum atomic E-state index is -1.02. The van der Waals surface area contributed by atoms with E-state index >= 15 is 4.39 Å². The minimum absolute atomic E-state index is 0.0484. The zero-order chi connectivity index (χ0) is 34.2. The highest BCUT2D eigenvalue weighted by molar-refractivity contribution is 6.40. The van der Waals surface area contributed by atoms with E-state index in [1.165, 1.54) is 12.1 Å². The van der Waals surface area contributed by atoms with Crippen molar-refractivity contribution in [2.24, 2.45) is 5.92 Å². The molecule has 0 unspecified atom stereocenters. The highest BCUT2D eigenvalue weighted by Gasteiger charge is 2.30. The smallest absolute Gasteiger partial charge is 0.313 e. The summed E-state index contributed by atoms with van der Waals surface area (Å²) in [5.74, 6) is -1.24. The molecular formula is C37H40FN5O6. The molecule has 3 heterocycles. The predicted molar refractivity (Wildman–Crippen MR) is 182 cm³/mol. The van der Waals surface area contributed by atoms with Gasteiger partial charge >= 0.3 is 11.8 Å². The van der Waals surface area contributed by atoms with Crippen LogP contribution in [0.15, 0.2) is 72.9 Å². The van der Waals surface area contributed by atoms with Gasteiger partial charge in [-0.25, -0.2) is 4.39 Å². The second-order valence-electron chi connectivity index (χ2n) is 12.3. The number of fused-ring (bicyclic) bond motifs is 1. The number of carbonyl (C=O) groups excluding carboxylic acids is 3. The van der Waals surface area contributed by atoms with Crippen molar-refractivity contribution in [1.29, 1.82) is 0 Å². The highest BCUT2D eigenvalue weighted by atomic mass is 19.1. The molecule has 2 fully saturated rings. The Morgan fingerprint density at radius 2 is 1.71 bits per heavy atom. The van der Waals surface area contributed by atoms with Crippen molar-refractivity contribution in [3.8, 4) is 23.0 Å². The van der Waals surface area contributed by atoms with Crippen LogP contribution in [0.5, 0.6) is 23.0 Å². The average Bonchev–Trinajstić information content (AvgIpc) is 3.67. The van der Waals surface area contributed by atoms with Crippen LogP contribution in [0.25, 0.3) is 10.9 Å². The minimum Gasteiger partial charge on any atom is -0.493 e. The fourth-order valence-corrected chi connectivity index (χ4v) is 6.15. The summed E-state index contributed by atoms with van der Waals surface area (Å²) >= 11 is 0. The number of hydrogen-bond donors (Lipinski definition) is 3. The number of rotatable bonds is 11. The quantitative estimate of drug-likeness (QED) is 0.194. The number of hydrogen-bond acceptors (Lipinski definition) is 8. The van der Waals surface area contributed by atoms with Crippen molar-refractivity contribution in [1.82, 2.24) is 20.5 Å². The van der Waals surface area contributed by atoms with E-state index in [0.29, 0.717) is 53.8 Å². The second kappa shape index (κ2) is 15.8. The zero-order valence-electron chi connectivity index (χ0n) is 27.4. The van der Waals surface area contributed by atoms with E-state index < -0.39 is 23.7 Å². The van der Waals surface area contributed by atoms with Crippen LogP contribution in [0.2, 0.25) is 0 Å². The molecule has 256 valence electrons. The summed E-state index contributed by atoms with van der Waals surface area (Å²) in [5, 5.41) is 8.96. The number of nitrogens with zero attached hydrogens (tertiary/aromatic N) is 2. The summed E-state index contributed by atoms with van der Waals surface area (Å²) in [5.41, 5.74) is 1.48. The number of carbonyl (C=O) groups is 3. The number of amides is 3. The SMILES string of the molecule is COc1cc2c(Oc3ccc(NC(=O)C(=O)N[C@@H](Cc4ccccc4)C(=O)N4CCCC4)cc3F)ccnc2cc1OCC1CCNCC1. The molecule has 4 aromatic rings. The van der Waals surface area contributed by atoms with Gasteiger partial charge in [-0.2, -0.15) is 0 Å². The predicted octanol–water partition coefficient (Wildman–Crippen LogP) is 4.84. The zero-order valence-corrected chi connectivity index (χ0v) is 27.4. The number of aromatic nitrogens is 1. The molecule has 0 aliphatic carbocycles. The van der Waals surface area contributed by atoms with Crippen LogP contribution < -0.4 is 30.2 Å². The Labute approximate surface area is 284 Å². The summed E-state index contributed by atoms with van der Waals surface area (Å²) in [6, 6.07) is 17.4. The molecule has 12 heteroatoms. The van der Waals surface area contributed by atoms with Gasteiger partial charge in [0.15, 0.2) is 23.1 Å². The van der Waals surface area contributed by atoms with E-state index in [1.54, 1.807) is 36.4 Å². The number of pyridine rings is 1. The summed E-state index contributed by atoms with van der Waals surface area (Å²) in [6.45, 7) is 3.73. The van der Waals surface area contributed by atoms with Crippen LogP contribution in [-0.4, -0.2) is 73.5 Å². The maximum atomic E-state index is 15.3. The van der Waals surface area contributed by atoms with E-state index in [9.17, 15) is 14.4 Å². The van der Waals surface area contributed by atoms with Gasteiger partial charge in [0, 0.05) is 48.9 Å². The van der Waals surface area contributed by atoms with Crippen LogP contribution >= 0.6 is 0 Å². The number of ether oxygens (including phenoxy) is 3. The molecule has 1 aromatic heterocycles. The molecule has 11 nitrogen and oxygen atoms in total. The molecule has 0 bridgehead atoms. The van der Waals surface area contributed by atoms with Crippen molar-refractivity contribution in [3.05, 3.63) is 84.3 Å². The molecule has 3 aromatic carbocycles. The third-order valence-electron chi connectivity index (χ3n) is 8.84. The van der Waals surface area contributed by atoms with Crippen LogP contribution in [0.3, 0.4) is 0 Å². The standard InChI is InChI=1S/C37H40FN5O6/c1-47-33-21-27-29(22-34(33)48-23-25-11-14-39-15-12-25)40-16-13-31(27)49-32-10-9-26(20-28(32)38)41-35(44)36(45)42-30(19-24-7-3-2-4-8-24)37(46)43-17-5-6-18-43/h2-4,7-10,13,16,20-22,25,30,39H,5-6,11-12,14-15,17-19,23H2,1H3,(H,41,44)(H,42,45)/t30-/m0/s1. The van der Waals surface area contributed by atoms with Crippen molar-refractivity contribution < 1.29 is 33.0 Å². The highest BCUT2D eigenvalue weighted by Crippen LogP contribution is 2.38. The summed E-state index contributed by atoms with van der Waals surface area (Å²) in [4.78, 5) is 45.2. The van der Waals surface area contributed by atoms with Gasteiger partial charge in [0.25, 0.3) is 0 Å². The van der Waals surface area contributed by atoms with Crippen molar-refractivity contribution in [2.45, 2.75) is 38.1 Å². The van der Waals surface area contributed by atoms with Gasteiger partial charge in [0.1, 0.15) is 11.8 Å². The van der Waals surface area contributed by atoms with Crippen molar-refractivity contribution >= 4 is 34.3 Å². The number of benzene rings is 3. The van der Waals surface area contributed by atoms with Gasteiger partial charge in [-0.3, -0.25) is 19.4 Å². The molecule has 2 saturated heterocycles. The van der Waals surface area contributed by atoms with E-state index in [4.69, 9.17) is 14.2 Å². The lowest BCUT2D eigenvalue weighted by atomic mass is 9.99. The Morgan fingerprint density at radius 1 is 0.939 bits per heavy atom. The van der Waals surface area contributed by atoms with Crippen LogP contribution in [0, 0.1) is 11.7 Å². The van der Waals surface area contributed by atoms with E-state index in [2.05, 4.69) is 20.9 Å². The molecule has 0 saturated carbocycles. The van der Waals surface area contributed by atoms with Gasteiger partial charge in [-0.05, 0) is 74.5 Å². The van der Waals surface area contributed by atoms with Crippen LogP contribution in [0.1, 0.15) is 31.2 Å². The van der Waals surface area contributed by atoms with Gasteiger partial charge < -0.3 is 35.1 Å². The molecular weight excluding hydrogens is 629 g/mol. The number of anilines is 1. The number of methoxy groups -OCH3 is 1. The van der Waals surface area contributed by atoms with Crippen LogP contribution in [0.4, 0.5) is 10.1 Å². The summed E-state index contributed by atoms with van der Waals surface area (Å²) in [6.07, 6.45) is 5.67. The lowest BCUT2D eigenvalue weighted by Gasteiger charge is -2.24. The normalized spacial score (nSPS) is 15.4. The lowest BCUT2D eigenvalue weighted by Crippen LogP contribution is -2.51. The second-order valence-corrected chi connectivity index (χ2v) is 12.3. The molecule has 3 amide bonds. The van der Waals surface area contributed by atoms with Gasteiger partial charge in [0.2, 0.25) is 5.91 Å². The Morgan fingerprint density at radius 3 is 2.45 bits per heavy atom. The van der Waals surface area contributed by atoms with Gasteiger partial charge in [0.05, 0.1) is 19.2 Å². The molecule has 0 radical (unpaired) electrons. The molecule has 2 aliphatic heterocycles. The molecule has 3 N–H and O–H groups in total. The topological polar surface area (TPSA) is 131 Å². The molecule has 2 aliphatic rings. The first-order valence-corrected chi connectivity index (χ1v) is 16.6. The third-order valence-corrected chi connectivity index (χ3v) is 8.84. The number of halogens is 1. The van der Waals surface area contributed by atoms with Crippen molar-refractivity contribution in [2.75, 3.05) is 45.2 Å². The Bertz CT molecular complexity index is 1790. The van der Waals surface area contributed by atoms with E-state index in [1.807, 2.05) is 30.3 Å². The fourth-order valence-electron chi connectivity index (χ4n) is 6.15. The molecule has 49 heavy (non-hydrogen) atoms. The number of nitrogens with one attached hydrogen (secondary N) is 3. The first kappa shape index (κ1) is 33.7. The first-order chi connectivity index (χ1) is 23.9. The van der Waals surface area contributed by atoms with Crippen LogP contribution in [-0.2, 0) is 20.8 Å². The number of likely N-dealkylation sites (tertiary alicyclic amines) is 1. The van der Waals surface area contributed by atoms with Gasteiger partial charge in [-0.1, -0.05) is 30.3 Å². The first-order valence-electron chi connectivity index (χ1n) is 16.6. The van der Waals surface area contributed by atoms with E-state index in [-0.39, 0.29) is 23.8 Å². The summed E-state index contributed by atoms with van der Waals surface area (Å²) in [7, 11) is 1.55. The maximum Gasteiger partial charge on any atom is 0.313 e. The average molecular weight is 670 g/mol. The van der Waals surface area contributed by atoms with Gasteiger partial charge in [-0.15, -0.1) is 0 Å². The monoisotopic (exact) mass is 669 g/mol. The van der Waals surface area contributed by atoms with Crippen molar-refractivity contribution in [3.63, 3.8) is 0 Å². The molecule has 6 rings (SSSR count). The maximum absolute atomic E-state index is 15.3. The lowest BCUT2D eigenvalue weighted by molar-refractivity contribution is -0.140. The Balaban J connectivity index is 1.11. The molecule has 1 atom stereocenters. The fraction of sp³-hybridized carbons (Fsp3) is 0.351. The third kappa shape index (κ3) is 8.44. The number of piperidine rings is 1. The largest absolute Gasteiger partial charge is 0.493 e. The van der Waals surface area contributed by atoms with E-state index in [0.717, 1.165) is 50.4 Å².